The monoisotopic (exact) mass is 386 g/mol. The molecule has 4 amide bonds. The van der Waals surface area contributed by atoms with E-state index in [2.05, 4.69) is 16.0 Å². The number of hydrogen-bond acceptors (Lipinski definition) is 3. The van der Waals surface area contributed by atoms with Gasteiger partial charge in [-0.15, -0.1) is 0 Å². The second kappa shape index (κ2) is 8.20. The number of hydrogen-bond donors (Lipinski definition) is 3. The number of amides is 4. The van der Waals surface area contributed by atoms with Gasteiger partial charge < -0.3 is 20.9 Å². The maximum absolute atomic E-state index is 12.7. The van der Waals surface area contributed by atoms with Crippen LogP contribution < -0.4 is 16.0 Å². The maximum atomic E-state index is 12.7. The molecule has 28 heavy (non-hydrogen) atoms. The van der Waals surface area contributed by atoms with Crippen molar-refractivity contribution in [2.75, 3.05) is 18.4 Å². The molecular weight excluding hydrogens is 356 g/mol. The Hall–Kier alpha value is -2.57. The van der Waals surface area contributed by atoms with Gasteiger partial charge in [0.2, 0.25) is 5.91 Å². The molecule has 152 valence electrons. The average molecular weight is 386 g/mol. The van der Waals surface area contributed by atoms with Crippen LogP contribution in [0, 0.1) is 5.92 Å². The van der Waals surface area contributed by atoms with Crippen LogP contribution in [-0.2, 0) is 4.79 Å². The van der Waals surface area contributed by atoms with E-state index in [1.807, 2.05) is 20.8 Å². The van der Waals surface area contributed by atoms with Crippen molar-refractivity contribution in [1.82, 2.24) is 15.5 Å². The Morgan fingerprint density at radius 2 is 1.64 bits per heavy atom. The third-order valence-electron chi connectivity index (χ3n) is 4.98. The normalized spacial score (nSPS) is 17.8. The zero-order valence-electron chi connectivity index (χ0n) is 16.9. The molecule has 1 heterocycles. The van der Waals surface area contributed by atoms with Crippen LogP contribution in [0.5, 0.6) is 0 Å². The van der Waals surface area contributed by atoms with Crippen molar-refractivity contribution in [3.8, 4) is 0 Å². The summed E-state index contributed by atoms with van der Waals surface area (Å²) in [5.41, 5.74) is 0.580. The second-order valence-electron chi connectivity index (χ2n) is 8.72. The summed E-state index contributed by atoms with van der Waals surface area (Å²) in [7, 11) is 0. The average Bonchev–Trinajstić information content (AvgIpc) is 3.46. The lowest BCUT2D eigenvalue weighted by atomic mass is 10.0. The van der Waals surface area contributed by atoms with E-state index in [1.165, 1.54) is 0 Å². The summed E-state index contributed by atoms with van der Waals surface area (Å²) in [5, 5.41) is 8.88. The van der Waals surface area contributed by atoms with E-state index in [0.717, 1.165) is 25.7 Å². The Morgan fingerprint density at radius 1 is 1.00 bits per heavy atom. The predicted molar refractivity (Wildman–Crippen MR) is 108 cm³/mol. The highest BCUT2D eigenvalue weighted by atomic mass is 16.2. The Morgan fingerprint density at radius 3 is 2.25 bits per heavy atom. The fourth-order valence-electron chi connectivity index (χ4n) is 3.28. The van der Waals surface area contributed by atoms with Gasteiger partial charge in [-0.3, -0.25) is 9.59 Å². The Kier molecular flexibility index (Phi) is 5.91. The zero-order chi connectivity index (χ0) is 20.3. The highest BCUT2D eigenvalue weighted by Gasteiger charge is 2.32. The number of nitrogens with one attached hydrogen (secondary N) is 3. The number of anilines is 1. The lowest BCUT2D eigenvalue weighted by molar-refractivity contribution is -0.123. The van der Waals surface area contributed by atoms with Crippen LogP contribution in [0.1, 0.15) is 56.8 Å². The lowest BCUT2D eigenvalue weighted by Gasteiger charge is -2.32. The van der Waals surface area contributed by atoms with Crippen molar-refractivity contribution in [2.24, 2.45) is 5.92 Å². The molecular formula is C21H30N4O3. The third kappa shape index (κ3) is 5.47. The number of carbonyl (C=O) groups is 3. The molecule has 1 saturated carbocycles. The van der Waals surface area contributed by atoms with Gasteiger partial charge in [0.05, 0.1) is 11.3 Å². The van der Waals surface area contributed by atoms with E-state index in [0.29, 0.717) is 24.3 Å². The zero-order valence-corrected chi connectivity index (χ0v) is 16.9. The van der Waals surface area contributed by atoms with Gasteiger partial charge in [0, 0.05) is 30.6 Å². The molecule has 0 radical (unpaired) electrons. The number of para-hydroxylation sites is 1. The van der Waals surface area contributed by atoms with Crippen molar-refractivity contribution < 1.29 is 14.4 Å². The topological polar surface area (TPSA) is 90.5 Å². The minimum atomic E-state index is -0.360. The quantitative estimate of drug-likeness (QED) is 0.743. The number of urea groups is 1. The molecule has 0 spiro atoms. The second-order valence-corrected chi connectivity index (χ2v) is 8.72. The Bertz CT molecular complexity index is 744. The molecule has 1 aromatic carbocycles. The number of carbonyl (C=O) groups excluding carboxylic acids is 3. The molecule has 1 saturated heterocycles. The minimum absolute atomic E-state index is 0.141. The maximum Gasteiger partial charge on any atom is 0.321 e. The minimum Gasteiger partial charge on any atom is -0.353 e. The van der Waals surface area contributed by atoms with Crippen molar-refractivity contribution in [3.05, 3.63) is 29.8 Å². The first-order valence-electron chi connectivity index (χ1n) is 10.0. The van der Waals surface area contributed by atoms with Gasteiger partial charge in [0.1, 0.15) is 0 Å². The Balaban J connectivity index is 1.55. The molecule has 0 bridgehead atoms. The van der Waals surface area contributed by atoms with E-state index in [-0.39, 0.29) is 35.3 Å². The van der Waals surface area contributed by atoms with Gasteiger partial charge in [0.15, 0.2) is 0 Å². The predicted octanol–water partition coefficient (Wildman–Crippen LogP) is 2.74. The molecule has 0 aromatic heterocycles. The van der Waals surface area contributed by atoms with Crippen LogP contribution in [0.4, 0.5) is 10.5 Å². The van der Waals surface area contributed by atoms with Gasteiger partial charge in [0.25, 0.3) is 5.91 Å². The van der Waals surface area contributed by atoms with Gasteiger partial charge in [-0.05, 0) is 58.6 Å². The summed E-state index contributed by atoms with van der Waals surface area (Å²) < 4.78 is 0. The van der Waals surface area contributed by atoms with E-state index < -0.39 is 0 Å². The fraction of sp³-hybridized carbons (Fsp3) is 0.571. The molecule has 7 nitrogen and oxygen atoms in total. The van der Waals surface area contributed by atoms with Gasteiger partial charge in [-0.1, -0.05) is 12.1 Å². The van der Waals surface area contributed by atoms with Gasteiger partial charge in [-0.25, -0.2) is 4.79 Å². The van der Waals surface area contributed by atoms with E-state index >= 15 is 0 Å². The molecule has 1 aliphatic heterocycles. The van der Waals surface area contributed by atoms with Crippen molar-refractivity contribution in [1.29, 1.82) is 0 Å². The summed E-state index contributed by atoms with van der Waals surface area (Å²) in [6, 6.07) is 6.93. The van der Waals surface area contributed by atoms with Crippen LogP contribution in [0.3, 0.4) is 0 Å². The fourth-order valence-corrected chi connectivity index (χ4v) is 3.28. The summed E-state index contributed by atoms with van der Waals surface area (Å²) >= 11 is 0. The van der Waals surface area contributed by atoms with Crippen LogP contribution in [0.25, 0.3) is 0 Å². The van der Waals surface area contributed by atoms with Crippen LogP contribution >= 0.6 is 0 Å². The summed E-state index contributed by atoms with van der Waals surface area (Å²) in [6.45, 7) is 6.91. The van der Waals surface area contributed by atoms with Gasteiger partial charge >= 0.3 is 6.03 Å². The summed E-state index contributed by atoms with van der Waals surface area (Å²) in [4.78, 5) is 38.8. The first kappa shape index (κ1) is 20.2. The van der Waals surface area contributed by atoms with Gasteiger partial charge in [-0.2, -0.15) is 0 Å². The highest BCUT2D eigenvalue weighted by molar-refractivity contribution is 6.03. The standard InChI is InChI=1S/C21H30N4O3/c1-21(2,3)24-19(27)16-6-4-5-7-17(16)23-20(28)25-12-10-15(11-13-25)22-18(26)14-8-9-14/h4-7,14-15H,8-13H2,1-3H3,(H,22,26)(H,23,28)(H,24,27). The molecule has 1 aromatic rings. The molecule has 7 heteroatoms. The summed E-state index contributed by atoms with van der Waals surface area (Å²) in [6.07, 6.45) is 3.49. The molecule has 0 unspecified atom stereocenters. The highest BCUT2D eigenvalue weighted by Crippen LogP contribution is 2.29. The van der Waals surface area contributed by atoms with Crippen LogP contribution in [0.2, 0.25) is 0 Å². The number of likely N-dealkylation sites (tertiary alicyclic amines) is 1. The van der Waals surface area contributed by atoms with Crippen LogP contribution in [-0.4, -0.2) is 47.4 Å². The van der Waals surface area contributed by atoms with Crippen LogP contribution in [0.15, 0.2) is 24.3 Å². The molecule has 3 N–H and O–H groups in total. The molecule has 2 aliphatic rings. The molecule has 2 fully saturated rings. The number of benzene rings is 1. The number of piperidine rings is 1. The van der Waals surface area contributed by atoms with Crippen molar-refractivity contribution in [2.45, 2.75) is 58.0 Å². The largest absolute Gasteiger partial charge is 0.353 e. The first-order chi connectivity index (χ1) is 13.2. The molecule has 0 atom stereocenters. The summed E-state index contributed by atoms with van der Waals surface area (Å²) in [5.74, 6) is 0.142. The molecule has 1 aliphatic carbocycles. The van der Waals surface area contributed by atoms with E-state index in [4.69, 9.17) is 0 Å². The first-order valence-corrected chi connectivity index (χ1v) is 10.0. The smallest absolute Gasteiger partial charge is 0.321 e. The SMILES string of the molecule is CC(C)(C)NC(=O)c1ccccc1NC(=O)N1CCC(NC(=O)C2CC2)CC1. The lowest BCUT2D eigenvalue weighted by Crippen LogP contribution is -2.48. The third-order valence-corrected chi connectivity index (χ3v) is 4.98. The van der Waals surface area contributed by atoms with Crippen molar-refractivity contribution in [3.63, 3.8) is 0 Å². The Labute approximate surface area is 166 Å². The number of nitrogens with zero attached hydrogens (tertiary/aromatic N) is 1. The van der Waals surface area contributed by atoms with E-state index in [9.17, 15) is 14.4 Å². The molecule has 3 rings (SSSR count). The number of rotatable bonds is 4. The van der Waals surface area contributed by atoms with E-state index in [1.54, 1.807) is 29.2 Å². The van der Waals surface area contributed by atoms with Crippen molar-refractivity contribution >= 4 is 23.5 Å².